The first kappa shape index (κ1) is 8.96. The summed E-state index contributed by atoms with van der Waals surface area (Å²) < 4.78 is 0. The van der Waals surface area contributed by atoms with Crippen molar-refractivity contribution >= 4 is 11.6 Å². The van der Waals surface area contributed by atoms with Gasteiger partial charge in [0.05, 0.1) is 0 Å². The molecule has 78 valence electrons. The molecular weight excluding hydrogens is 186 g/mol. The van der Waals surface area contributed by atoms with E-state index in [-0.39, 0.29) is 0 Å². The highest BCUT2D eigenvalue weighted by Crippen LogP contribution is 2.38. The second-order valence-corrected chi connectivity index (χ2v) is 4.55. The Bertz CT molecular complexity index is 365. The van der Waals surface area contributed by atoms with E-state index in [1.807, 2.05) is 35.2 Å². The Morgan fingerprint density at radius 2 is 1.67 bits per heavy atom. The number of rotatable bonds is 1. The van der Waals surface area contributed by atoms with E-state index in [0.717, 1.165) is 18.5 Å². The lowest BCUT2D eigenvalue weighted by atomic mass is 9.79. The van der Waals surface area contributed by atoms with E-state index in [4.69, 9.17) is 0 Å². The molecule has 1 aromatic rings. The largest absolute Gasteiger partial charge is 0.309 e. The van der Waals surface area contributed by atoms with Gasteiger partial charge in [-0.15, -0.1) is 0 Å². The number of carbonyl (C=O) groups is 1. The topological polar surface area (TPSA) is 20.3 Å². The van der Waals surface area contributed by atoms with Crippen LogP contribution in [-0.4, -0.2) is 11.9 Å². The molecule has 2 heterocycles. The Morgan fingerprint density at radius 1 is 1.00 bits per heavy atom. The van der Waals surface area contributed by atoms with Crippen molar-refractivity contribution in [3.05, 3.63) is 30.3 Å². The number of carbonyl (C=O) groups excluding carboxylic acids is 1. The van der Waals surface area contributed by atoms with Crippen LogP contribution in [0.4, 0.5) is 5.69 Å². The van der Waals surface area contributed by atoms with Crippen molar-refractivity contribution in [2.45, 2.75) is 31.7 Å². The van der Waals surface area contributed by atoms with Crippen LogP contribution in [0.3, 0.4) is 0 Å². The van der Waals surface area contributed by atoms with Crippen LogP contribution in [-0.2, 0) is 4.79 Å². The maximum absolute atomic E-state index is 12.1. The van der Waals surface area contributed by atoms with E-state index in [2.05, 4.69) is 0 Å². The highest BCUT2D eigenvalue weighted by atomic mass is 16.2. The molecule has 0 aromatic heterocycles. The number of para-hydroxylation sites is 1. The summed E-state index contributed by atoms with van der Waals surface area (Å²) in [6, 6.07) is 10.5. The molecular formula is C13H15NO. The summed E-state index contributed by atoms with van der Waals surface area (Å²) in [5.41, 5.74) is 1.08. The third-order valence-corrected chi connectivity index (χ3v) is 3.68. The number of hydrogen-bond donors (Lipinski definition) is 0. The average molecular weight is 201 g/mol. The fraction of sp³-hybridized carbons (Fsp3) is 0.462. The van der Waals surface area contributed by atoms with Crippen LogP contribution in [0.25, 0.3) is 0 Å². The molecule has 1 saturated carbocycles. The molecule has 0 radical (unpaired) electrons. The lowest BCUT2D eigenvalue weighted by Gasteiger charge is -2.44. The van der Waals surface area contributed by atoms with Crippen LogP contribution >= 0.6 is 0 Å². The van der Waals surface area contributed by atoms with Crippen LogP contribution < -0.4 is 4.90 Å². The van der Waals surface area contributed by atoms with Gasteiger partial charge in [0.15, 0.2) is 0 Å². The highest BCUT2D eigenvalue weighted by Gasteiger charge is 2.40. The lowest BCUT2D eigenvalue weighted by molar-refractivity contribution is -0.126. The van der Waals surface area contributed by atoms with Crippen molar-refractivity contribution in [1.82, 2.24) is 0 Å². The molecule has 4 rings (SSSR count). The van der Waals surface area contributed by atoms with Crippen LogP contribution in [0.15, 0.2) is 30.3 Å². The zero-order chi connectivity index (χ0) is 10.3. The summed E-state index contributed by atoms with van der Waals surface area (Å²) in [7, 11) is 0. The maximum atomic E-state index is 12.1. The first-order chi connectivity index (χ1) is 7.36. The zero-order valence-corrected chi connectivity index (χ0v) is 8.73. The summed E-state index contributed by atoms with van der Waals surface area (Å²) in [5.74, 6) is 0.652. The van der Waals surface area contributed by atoms with Crippen molar-refractivity contribution in [2.24, 2.45) is 5.92 Å². The van der Waals surface area contributed by atoms with Gasteiger partial charge in [0.1, 0.15) is 0 Å². The van der Waals surface area contributed by atoms with Gasteiger partial charge in [0, 0.05) is 17.6 Å². The zero-order valence-electron chi connectivity index (χ0n) is 8.73. The van der Waals surface area contributed by atoms with Crippen LogP contribution in [0, 0.1) is 5.92 Å². The van der Waals surface area contributed by atoms with E-state index in [0.29, 0.717) is 17.9 Å². The minimum Gasteiger partial charge on any atom is -0.309 e. The summed E-state index contributed by atoms with van der Waals surface area (Å²) in [5, 5.41) is 0. The van der Waals surface area contributed by atoms with Gasteiger partial charge in [0.25, 0.3) is 0 Å². The average Bonchev–Trinajstić information content (AvgIpc) is 2.31. The Morgan fingerprint density at radius 3 is 2.27 bits per heavy atom. The van der Waals surface area contributed by atoms with Gasteiger partial charge < -0.3 is 4.90 Å². The fourth-order valence-electron chi connectivity index (χ4n) is 2.88. The molecule has 0 atom stereocenters. The molecule has 3 fully saturated rings. The molecule has 2 nitrogen and oxygen atoms in total. The van der Waals surface area contributed by atoms with Crippen LogP contribution in [0.2, 0.25) is 0 Å². The van der Waals surface area contributed by atoms with E-state index in [1.54, 1.807) is 0 Å². The number of hydrogen-bond acceptors (Lipinski definition) is 1. The second-order valence-electron chi connectivity index (χ2n) is 4.55. The van der Waals surface area contributed by atoms with Crippen molar-refractivity contribution < 1.29 is 4.79 Å². The maximum Gasteiger partial charge on any atom is 0.230 e. The first-order valence-electron chi connectivity index (χ1n) is 5.74. The molecule has 2 aliphatic heterocycles. The Kier molecular flexibility index (Phi) is 2.01. The fourth-order valence-corrected chi connectivity index (χ4v) is 2.88. The van der Waals surface area contributed by atoms with Gasteiger partial charge in [0.2, 0.25) is 5.91 Å². The molecule has 0 spiro atoms. The van der Waals surface area contributed by atoms with E-state index in [9.17, 15) is 4.79 Å². The lowest BCUT2D eigenvalue weighted by Crippen LogP contribution is -2.52. The molecule has 2 heteroatoms. The predicted octanol–water partition coefficient (Wildman–Crippen LogP) is 2.59. The van der Waals surface area contributed by atoms with Gasteiger partial charge >= 0.3 is 0 Å². The normalized spacial score (nSPS) is 29.6. The molecule has 1 aromatic carbocycles. The first-order valence-corrected chi connectivity index (χ1v) is 5.74. The van der Waals surface area contributed by atoms with Crippen molar-refractivity contribution in [2.75, 3.05) is 4.90 Å². The third-order valence-electron chi connectivity index (χ3n) is 3.68. The smallest absolute Gasteiger partial charge is 0.230 e. The quantitative estimate of drug-likeness (QED) is 0.684. The summed E-state index contributed by atoms with van der Waals surface area (Å²) in [4.78, 5) is 14.1. The summed E-state index contributed by atoms with van der Waals surface area (Å²) in [6.45, 7) is 0. The van der Waals surface area contributed by atoms with Gasteiger partial charge in [-0.2, -0.15) is 0 Å². The molecule has 15 heavy (non-hydrogen) atoms. The SMILES string of the molecule is O=C1C2CCC(CC2)N1c1ccccc1. The number of fused-ring (bicyclic) bond motifs is 3. The van der Waals surface area contributed by atoms with Gasteiger partial charge in [-0.05, 0) is 37.8 Å². The molecule has 2 bridgehead atoms. The minimum atomic E-state index is 0.301. The standard InChI is InChI=1S/C13H15NO/c15-13-10-6-8-12(9-7-10)14(13)11-4-2-1-3-5-11/h1-5,10,12H,6-9H2. The van der Waals surface area contributed by atoms with Crippen LogP contribution in [0.5, 0.6) is 0 Å². The van der Waals surface area contributed by atoms with Gasteiger partial charge in [-0.3, -0.25) is 4.79 Å². The molecule has 0 unspecified atom stereocenters. The second kappa shape index (κ2) is 3.37. The summed E-state index contributed by atoms with van der Waals surface area (Å²) in [6.07, 6.45) is 4.58. The molecule has 1 aliphatic carbocycles. The van der Waals surface area contributed by atoms with Crippen LogP contribution in [0.1, 0.15) is 25.7 Å². The third kappa shape index (κ3) is 1.36. The summed E-state index contributed by atoms with van der Waals surface area (Å²) >= 11 is 0. The molecule has 3 aliphatic rings. The van der Waals surface area contributed by atoms with Crippen molar-refractivity contribution in [1.29, 1.82) is 0 Å². The Balaban J connectivity index is 1.96. The molecule has 0 N–H and O–H groups in total. The number of benzene rings is 1. The molecule has 2 saturated heterocycles. The van der Waals surface area contributed by atoms with Crippen molar-refractivity contribution in [3.63, 3.8) is 0 Å². The number of piperidine rings is 2. The highest BCUT2D eigenvalue weighted by molar-refractivity contribution is 5.97. The number of anilines is 1. The monoisotopic (exact) mass is 201 g/mol. The van der Waals surface area contributed by atoms with Crippen molar-refractivity contribution in [3.8, 4) is 0 Å². The van der Waals surface area contributed by atoms with E-state index >= 15 is 0 Å². The van der Waals surface area contributed by atoms with Gasteiger partial charge in [-0.25, -0.2) is 0 Å². The van der Waals surface area contributed by atoms with Gasteiger partial charge in [-0.1, -0.05) is 18.2 Å². The Hall–Kier alpha value is -1.31. The number of amides is 1. The molecule has 1 amide bonds. The number of nitrogens with zero attached hydrogens (tertiary/aromatic N) is 1. The van der Waals surface area contributed by atoms with E-state index in [1.165, 1.54) is 12.8 Å². The minimum absolute atomic E-state index is 0.301. The Labute approximate surface area is 89.9 Å². The van der Waals surface area contributed by atoms with E-state index < -0.39 is 0 Å². The predicted molar refractivity (Wildman–Crippen MR) is 59.7 cm³/mol.